The molecule has 0 saturated heterocycles. The van der Waals surface area contributed by atoms with Gasteiger partial charge in [0.2, 0.25) is 0 Å². The largest absolute Gasteiger partial charge is 0.497 e. The standard InChI is InChI=1S/C21H17N5O/c1-27-17-9-7-16(8-10-17)24-20-13-19(18-6-2-3-12-23-18)25-21(26-20)15-5-4-11-22-14-15/h2-14H,1H3,(H,24,25,26). The van der Waals surface area contributed by atoms with Gasteiger partial charge in [0.05, 0.1) is 18.5 Å². The van der Waals surface area contributed by atoms with Crippen LogP contribution in [-0.4, -0.2) is 27.0 Å². The van der Waals surface area contributed by atoms with Crippen LogP contribution in [-0.2, 0) is 0 Å². The van der Waals surface area contributed by atoms with Gasteiger partial charge in [-0.15, -0.1) is 0 Å². The Bertz CT molecular complexity index is 964. The molecule has 0 bridgehead atoms. The number of rotatable bonds is 5. The second-order valence-corrected chi connectivity index (χ2v) is 5.77. The first-order chi connectivity index (χ1) is 13.3. The summed E-state index contributed by atoms with van der Waals surface area (Å²) in [5.74, 6) is 2.06. The SMILES string of the molecule is COc1ccc(Nc2cc(-c3ccccn3)nc(-c3cccnc3)n2)cc1. The van der Waals surface area contributed by atoms with Crippen molar-refractivity contribution in [1.29, 1.82) is 0 Å². The molecule has 3 heterocycles. The molecule has 0 atom stereocenters. The molecule has 132 valence electrons. The summed E-state index contributed by atoms with van der Waals surface area (Å²) in [6.07, 6.45) is 5.22. The molecule has 0 aliphatic heterocycles. The summed E-state index contributed by atoms with van der Waals surface area (Å²) < 4.78 is 5.20. The van der Waals surface area contributed by atoms with Crippen LogP contribution in [0.25, 0.3) is 22.8 Å². The van der Waals surface area contributed by atoms with Gasteiger partial charge in [-0.3, -0.25) is 9.97 Å². The van der Waals surface area contributed by atoms with E-state index in [2.05, 4.69) is 25.3 Å². The quantitative estimate of drug-likeness (QED) is 0.574. The van der Waals surface area contributed by atoms with E-state index >= 15 is 0 Å². The fraction of sp³-hybridized carbons (Fsp3) is 0.0476. The van der Waals surface area contributed by atoms with Crippen LogP contribution in [0.1, 0.15) is 0 Å². The van der Waals surface area contributed by atoms with E-state index in [1.807, 2.05) is 60.7 Å². The van der Waals surface area contributed by atoms with Crippen molar-refractivity contribution < 1.29 is 4.74 Å². The maximum atomic E-state index is 5.20. The van der Waals surface area contributed by atoms with Crippen molar-refractivity contribution in [1.82, 2.24) is 19.9 Å². The minimum Gasteiger partial charge on any atom is -0.497 e. The van der Waals surface area contributed by atoms with Crippen LogP contribution in [0.2, 0.25) is 0 Å². The number of aromatic nitrogens is 4. The number of hydrogen-bond donors (Lipinski definition) is 1. The summed E-state index contributed by atoms with van der Waals surface area (Å²) in [5, 5.41) is 3.32. The Morgan fingerprint density at radius 2 is 1.74 bits per heavy atom. The molecule has 0 spiro atoms. The number of nitrogens with zero attached hydrogens (tertiary/aromatic N) is 4. The molecule has 0 aliphatic carbocycles. The van der Waals surface area contributed by atoms with Crippen molar-refractivity contribution in [2.24, 2.45) is 0 Å². The van der Waals surface area contributed by atoms with Gasteiger partial charge in [0.15, 0.2) is 5.82 Å². The summed E-state index contributed by atoms with van der Waals surface area (Å²) in [6.45, 7) is 0. The third-order valence-corrected chi connectivity index (χ3v) is 3.94. The van der Waals surface area contributed by atoms with Crippen LogP contribution in [0, 0.1) is 0 Å². The van der Waals surface area contributed by atoms with Gasteiger partial charge < -0.3 is 10.1 Å². The second-order valence-electron chi connectivity index (χ2n) is 5.77. The van der Waals surface area contributed by atoms with Gasteiger partial charge in [-0.25, -0.2) is 9.97 Å². The van der Waals surface area contributed by atoms with Crippen molar-refractivity contribution in [3.05, 3.63) is 79.3 Å². The number of nitrogens with one attached hydrogen (secondary N) is 1. The van der Waals surface area contributed by atoms with Gasteiger partial charge in [-0.2, -0.15) is 0 Å². The van der Waals surface area contributed by atoms with E-state index in [9.17, 15) is 0 Å². The molecule has 1 N–H and O–H groups in total. The summed E-state index contributed by atoms with van der Waals surface area (Å²) in [5.41, 5.74) is 3.26. The van der Waals surface area contributed by atoms with E-state index < -0.39 is 0 Å². The highest BCUT2D eigenvalue weighted by Gasteiger charge is 2.10. The lowest BCUT2D eigenvalue weighted by atomic mass is 10.2. The van der Waals surface area contributed by atoms with Crippen LogP contribution in [0.3, 0.4) is 0 Å². The van der Waals surface area contributed by atoms with Gasteiger partial charge in [0, 0.05) is 35.9 Å². The van der Waals surface area contributed by atoms with Crippen molar-refractivity contribution >= 4 is 11.5 Å². The predicted octanol–water partition coefficient (Wildman–Crippen LogP) is 4.35. The molecule has 0 aliphatic rings. The summed E-state index contributed by atoms with van der Waals surface area (Å²) >= 11 is 0. The number of ether oxygens (including phenoxy) is 1. The third kappa shape index (κ3) is 3.90. The van der Waals surface area contributed by atoms with Crippen molar-refractivity contribution in [3.63, 3.8) is 0 Å². The zero-order chi connectivity index (χ0) is 18.5. The molecule has 0 saturated carbocycles. The minimum absolute atomic E-state index is 0.585. The Kier molecular flexibility index (Phi) is 4.70. The van der Waals surface area contributed by atoms with E-state index in [0.29, 0.717) is 11.6 Å². The minimum atomic E-state index is 0.585. The topological polar surface area (TPSA) is 72.8 Å². The summed E-state index contributed by atoms with van der Waals surface area (Å²) in [4.78, 5) is 17.9. The number of methoxy groups -OCH3 is 1. The fourth-order valence-electron chi connectivity index (χ4n) is 2.60. The lowest BCUT2D eigenvalue weighted by Crippen LogP contribution is -2.00. The first-order valence-electron chi connectivity index (χ1n) is 8.44. The number of pyridine rings is 2. The average molecular weight is 355 g/mol. The van der Waals surface area contributed by atoms with Crippen molar-refractivity contribution in [2.45, 2.75) is 0 Å². The highest BCUT2D eigenvalue weighted by atomic mass is 16.5. The number of hydrogen-bond acceptors (Lipinski definition) is 6. The zero-order valence-electron chi connectivity index (χ0n) is 14.7. The lowest BCUT2D eigenvalue weighted by molar-refractivity contribution is 0.415. The van der Waals surface area contributed by atoms with Gasteiger partial charge in [0.1, 0.15) is 11.6 Å². The molecule has 0 fully saturated rings. The van der Waals surface area contributed by atoms with Crippen LogP contribution in [0.4, 0.5) is 11.5 Å². The average Bonchev–Trinajstić information content (AvgIpc) is 2.75. The van der Waals surface area contributed by atoms with Crippen molar-refractivity contribution in [3.8, 4) is 28.5 Å². The normalized spacial score (nSPS) is 10.4. The number of anilines is 2. The Balaban J connectivity index is 1.75. The highest BCUT2D eigenvalue weighted by Crippen LogP contribution is 2.25. The molecule has 4 aromatic rings. The van der Waals surface area contributed by atoms with Gasteiger partial charge in [0.25, 0.3) is 0 Å². The molecular weight excluding hydrogens is 338 g/mol. The maximum absolute atomic E-state index is 5.20. The Morgan fingerprint density at radius 1 is 0.852 bits per heavy atom. The molecule has 6 heteroatoms. The van der Waals surface area contributed by atoms with Crippen LogP contribution >= 0.6 is 0 Å². The molecule has 6 nitrogen and oxygen atoms in total. The highest BCUT2D eigenvalue weighted by molar-refractivity contribution is 5.68. The molecule has 3 aromatic heterocycles. The van der Waals surface area contributed by atoms with E-state index in [-0.39, 0.29) is 0 Å². The van der Waals surface area contributed by atoms with Crippen LogP contribution in [0.15, 0.2) is 79.3 Å². The van der Waals surface area contributed by atoms with E-state index in [1.165, 1.54) is 0 Å². The second kappa shape index (κ2) is 7.61. The van der Waals surface area contributed by atoms with Crippen LogP contribution in [0.5, 0.6) is 5.75 Å². The van der Waals surface area contributed by atoms with E-state index in [1.54, 1.807) is 25.7 Å². The summed E-state index contributed by atoms with van der Waals surface area (Å²) in [6, 6.07) is 19.1. The van der Waals surface area contributed by atoms with Gasteiger partial charge in [-0.05, 0) is 48.5 Å². The lowest BCUT2D eigenvalue weighted by Gasteiger charge is -2.10. The van der Waals surface area contributed by atoms with Gasteiger partial charge in [-0.1, -0.05) is 6.07 Å². The molecule has 27 heavy (non-hydrogen) atoms. The zero-order valence-corrected chi connectivity index (χ0v) is 14.7. The van der Waals surface area contributed by atoms with Crippen molar-refractivity contribution in [2.75, 3.05) is 12.4 Å². The molecule has 1 aromatic carbocycles. The molecule has 0 radical (unpaired) electrons. The smallest absolute Gasteiger partial charge is 0.163 e. The third-order valence-electron chi connectivity index (χ3n) is 3.94. The van der Waals surface area contributed by atoms with Crippen LogP contribution < -0.4 is 10.1 Å². The predicted molar refractivity (Wildman–Crippen MR) is 105 cm³/mol. The number of benzene rings is 1. The molecule has 4 rings (SSSR count). The maximum Gasteiger partial charge on any atom is 0.163 e. The van der Waals surface area contributed by atoms with E-state index in [4.69, 9.17) is 4.74 Å². The molecule has 0 unspecified atom stereocenters. The molecular formula is C21H17N5O. The first kappa shape index (κ1) is 16.7. The molecule has 0 amide bonds. The van der Waals surface area contributed by atoms with Gasteiger partial charge >= 0.3 is 0 Å². The summed E-state index contributed by atoms with van der Waals surface area (Å²) in [7, 11) is 1.65. The monoisotopic (exact) mass is 355 g/mol. The Hall–Kier alpha value is -3.80. The Labute approximate surface area is 157 Å². The first-order valence-corrected chi connectivity index (χ1v) is 8.44. The Morgan fingerprint density at radius 3 is 2.44 bits per heavy atom. The van der Waals surface area contributed by atoms with E-state index in [0.717, 1.165) is 28.4 Å². The fourth-order valence-corrected chi connectivity index (χ4v) is 2.60.